The topological polar surface area (TPSA) is 118 Å². The summed E-state index contributed by atoms with van der Waals surface area (Å²) in [6.45, 7) is 0.367. The number of hydrogen-bond donors (Lipinski definition) is 2. The number of nitrogens with one attached hydrogen (secondary N) is 1. The highest BCUT2D eigenvalue weighted by molar-refractivity contribution is 7.87. The molecule has 1 saturated carbocycles. The molecule has 39 heavy (non-hydrogen) atoms. The Bertz CT molecular complexity index is 1600. The average molecular weight is 552 g/mol. The van der Waals surface area contributed by atoms with Gasteiger partial charge < -0.3 is 14.4 Å². The predicted octanol–water partition coefficient (Wildman–Crippen LogP) is 3.98. The largest absolute Gasteiger partial charge is 0.496 e. The fraction of sp³-hybridized carbons (Fsp3) is 0.448. The van der Waals surface area contributed by atoms with Gasteiger partial charge in [-0.25, -0.2) is 4.72 Å². The van der Waals surface area contributed by atoms with Gasteiger partial charge in [-0.2, -0.15) is 12.7 Å². The van der Waals surface area contributed by atoms with Crippen LogP contribution in [0.4, 0.5) is 0 Å². The standard InChI is InChI=1S/C29H33N3O6S/c1-31(2)39(36,37)30-28(33)26-21-15-32-22(24-18(25(21)26)10-7-11-19(24)29(34)35)14-20-23(38-3)13-12-17(27(20)32)16-8-5-4-6-9-16/h7,10,12-14,16,19,24H,4-6,8-9,11,15H2,1-3H3,(H,30,33)(H,34,35)/t19-,24?/m1/s1. The second-order valence-electron chi connectivity index (χ2n) is 11.1. The van der Waals surface area contributed by atoms with Crippen molar-refractivity contribution in [3.05, 3.63) is 63.9 Å². The summed E-state index contributed by atoms with van der Waals surface area (Å²) in [5.74, 6) is -1.65. The van der Waals surface area contributed by atoms with Crippen molar-refractivity contribution in [3.63, 3.8) is 0 Å². The monoisotopic (exact) mass is 551 g/mol. The van der Waals surface area contributed by atoms with Crippen LogP contribution in [0.5, 0.6) is 5.75 Å². The molecule has 3 aliphatic carbocycles. The molecule has 1 aliphatic heterocycles. The summed E-state index contributed by atoms with van der Waals surface area (Å²) in [5.41, 5.74) is 5.68. The molecule has 2 atom stereocenters. The van der Waals surface area contributed by atoms with Crippen LogP contribution in [0.1, 0.15) is 61.6 Å². The molecule has 0 saturated heterocycles. The number of carbonyl (C=O) groups excluding carboxylic acids is 1. The lowest BCUT2D eigenvalue weighted by molar-refractivity contribution is -0.142. The van der Waals surface area contributed by atoms with Gasteiger partial charge in [-0.3, -0.25) is 9.59 Å². The summed E-state index contributed by atoms with van der Waals surface area (Å²) >= 11 is 0. The quantitative estimate of drug-likeness (QED) is 0.561. The minimum Gasteiger partial charge on any atom is -0.496 e. The Morgan fingerprint density at radius 2 is 1.90 bits per heavy atom. The number of aromatic nitrogens is 1. The fourth-order valence-electron chi connectivity index (χ4n) is 6.77. The van der Waals surface area contributed by atoms with E-state index in [1.54, 1.807) is 7.11 Å². The van der Waals surface area contributed by atoms with Crippen LogP contribution in [0.25, 0.3) is 10.9 Å². The average Bonchev–Trinajstić information content (AvgIpc) is 3.54. The first-order chi connectivity index (χ1) is 18.6. The molecule has 1 fully saturated rings. The Labute approximate surface area is 228 Å². The lowest BCUT2D eigenvalue weighted by Gasteiger charge is -2.29. The molecule has 4 aliphatic rings. The van der Waals surface area contributed by atoms with Gasteiger partial charge in [0.25, 0.3) is 5.91 Å². The minimum atomic E-state index is -3.98. The SMILES string of the molecule is COc1ccc(C2CCCCC2)c2c1cc1n2CC2=C(C(=O)NS(=O)(=O)N(C)C)C2=C2C=CC[C@@H](C(=O)O)C21. The summed E-state index contributed by atoms with van der Waals surface area (Å²) in [6, 6.07) is 6.21. The molecule has 2 aromatic rings. The lowest BCUT2D eigenvalue weighted by atomic mass is 9.76. The molecule has 2 N–H and O–H groups in total. The Hall–Kier alpha value is -3.37. The maximum atomic E-state index is 13.2. The lowest BCUT2D eigenvalue weighted by Crippen LogP contribution is -2.39. The molecular weight excluding hydrogens is 518 g/mol. The van der Waals surface area contributed by atoms with Crippen molar-refractivity contribution in [1.82, 2.24) is 13.6 Å². The van der Waals surface area contributed by atoms with E-state index in [1.807, 2.05) is 18.2 Å². The Kier molecular flexibility index (Phi) is 6.22. The molecule has 0 spiro atoms. The molecule has 10 heteroatoms. The molecule has 206 valence electrons. The highest BCUT2D eigenvalue weighted by Crippen LogP contribution is 2.55. The molecular formula is C29H33N3O6S. The second kappa shape index (κ2) is 9.38. The van der Waals surface area contributed by atoms with Gasteiger partial charge in [0.2, 0.25) is 0 Å². The number of hydrogen-bond acceptors (Lipinski definition) is 5. The van der Waals surface area contributed by atoms with E-state index in [0.717, 1.165) is 50.6 Å². The van der Waals surface area contributed by atoms with E-state index in [2.05, 4.69) is 21.4 Å². The molecule has 2 heterocycles. The Morgan fingerprint density at radius 3 is 2.56 bits per heavy atom. The van der Waals surface area contributed by atoms with Gasteiger partial charge in [0.1, 0.15) is 5.75 Å². The zero-order chi connectivity index (χ0) is 27.6. The number of benzene rings is 1. The van der Waals surface area contributed by atoms with Crippen molar-refractivity contribution in [2.75, 3.05) is 21.2 Å². The number of nitrogens with zero attached hydrogens (tertiary/aromatic N) is 2. The number of methoxy groups -OCH3 is 1. The summed E-state index contributed by atoms with van der Waals surface area (Å²) in [7, 11) is 0.374. The Balaban J connectivity index is 1.57. The van der Waals surface area contributed by atoms with Crippen LogP contribution in [0.3, 0.4) is 0 Å². The minimum absolute atomic E-state index is 0.339. The summed E-state index contributed by atoms with van der Waals surface area (Å²) in [6.07, 6.45) is 9.89. The highest BCUT2D eigenvalue weighted by Gasteiger charge is 2.47. The number of aliphatic carboxylic acids is 1. The van der Waals surface area contributed by atoms with E-state index in [1.165, 1.54) is 38.9 Å². The molecule has 1 aromatic heterocycles. The van der Waals surface area contributed by atoms with Crippen molar-refractivity contribution in [2.45, 2.75) is 56.9 Å². The normalized spacial score (nSPS) is 22.9. The van der Waals surface area contributed by atoms with Crippen LogP contribution in [-0.4, -0.2) is 55.5 Å². The van der Waals surface area contributed by atoms with Crippen LogP contribution in [0.15, 0.2) is 52.6 Å². The highest BCUT2D eigenvalue weighted by atomic mass is 32.2. The van der Waals surface area contributed by atoms with Gasteiger partial charge in [-0.15, -0.1) is 0 Å². The van der Waals surface area contributed by atoms with E-state index >= 15 is 0 Å². The van der Waals surface area contributed by atoms with E-state index in [0.29, 0.717) is 30.0 Å². The van der Waals surface area contributed by atoms with Crippen molar-refractivity contribution in [2.24, 2.45) is 5.92 Å². The van der Waals surface area contributed by atoms with Crippen molar-refractivity contribution >= 4 is 33.0 Å². The van der Waals surface area contributed by atoms with Crippen LogP contribution < -0.4 is 9.46 Å². The van der Waals surface area contributed by atoms with Gasteiger partial charge in [0, 0.05) is 37.6 Å². The third kappa shape index (κ3) is 4.12. The summed E-state index contributed by atoms with van der Waals surface area (Å²) < 4.78 is 35.9. The summed E-state index contributed by atoms with van der Waals surface area (Å²) in [5, 5.41) is 11.2. The van der Waals surface area contributed by atoms with Crippen LogP contribution >= 0.6 is 0 Å². The van der Waals surface area contributed by atoms with Gasteiger partial charge in [-0.1, -0.05) is 37.5 Å². The van der Waals surface area contributed by atoms with Gasteiger partial charge in [0.05, 0.1) is 24.1 Å². The first kappa shape index (κ1) is 25.9. The number of carboxylic acid groups (broad SMARTS) is 1. The maximum absolute atomic E-state index is 13.2. The van der Waals surface area contributed by atoms with Gasteiger partial charge in [-0.05, 0) is 59.6 Å². The van der Waals surface area contributed by atoms with E-state index in [4.69, 9.17) is 4.74 Å². The maximum Gasteiger partial charge on any atom is 0.307 e. The van der Waals surface area contributed by atoms with Crippen LogP contribution in [0, 0.1) is 5.92 Å². The second-order valence-corrected chi connectivity index (χ2v) is 13.0. The third-order valence-corrected chi connectivity index (χ3v) is 10.1. The molecule has 0 radical (unpaired) electrons. The zero-order valence-corrected chi connectivity index (χ0v) is 23.2. The number of rotatable bonds is 6. The van der Waals surface area contributed by atoms with Crippen molar-refractivity contribution in [3.8, 4) is 5.75 Å². The molecule has 1 amide bonds. The first-order valence-corrected chi connectivity index (χ1v) is 14.9. The third-order valence-electron chi connectivity index (χ3n) is 8.73. The van der Waals surface area contributed by atoms with Crippen LogP contribution in [0.2, 0.25) is 0 Å². The van der Waals surface area contributed by atoms with Crippen LogP contribution in [-0.2, 0) is 26.3 Å². The van der Waals surface area contributed by atoms with E-state index in [9.17, 15) is 23.1 Å². The molecule has 1 unspecified atom stereocenters. The zero-order valence-electron chi connectivity index (χ0n) is 22.4. The number of allylic oxidation sites excluding steroid dienone is 4. The Morgan fingerprint density at radius 1 is 1.15 bits per heavy atom. The number of carbonyl (C=O) groups is 2. The summed E-state index contributed by atoms with van der Waals surface area (Å²) in [4.78, 5) is 25.8. The van der Waals surface area contributed by atoms with E-state index in [-0.39, 0.29) is 0 Å². The van der Waals surface area contributed by atoms with Crippen molar-refractivity contribution in [1.29, 1.82) is 0 Å². The smallest absolute Gasteiger partial charge is 0.307 e. The predicted molar refractivity (Wildman–Crippen MR) is 147 cm³/mol. The number of carboxylic acids is 1. The number of ether oxygens (including phenoxy) is 1. The fourth-order valence-corrected chi connectivity index (χ4v) is 7.29. The van der Waals surface area contributed by atoms with Crippen molar-refractivity contribution < 1.29 is 27.9 Å². The first-order valence-electron chi connectivity index (χ1n) is 13.5. The van der Waals surface area contributed by atoms with Gasteiger partial charge >= 0.3 is 16.2 Å². The van der Waals surface area contributed by atoms with E-state index < -0.39 is 33.9 Å². The number of fused-ring (bicyclic) bond motifs is 6. The molecule has 1 aromatic carbocycles. The number of amides is 1. The molecule has 0 bridgehead atoms. The molecule has 9 nitrogen and oxygen atoms in total. The molecule has 6 rings (SSSR count). The van der Waals surface area contributed by atoms with Gasteiger partial charge in [0.15, 0.2) is 0 Å².